The van der Waals surface area contributed by atoms with Crippen molar-refractivity contribution < 1.29 is 4.79 Å². The van der Waals surface area contributed by atoms with Crippen molar-refractivity contribution in [3.05, 3.63) is 46.3 Å². The first-order valence-electron chi connectivity index (χ1n) is 7.38. The molecular weight excluding hydrogens is 358 g/mol. The van der Waals surface area contributed by atoms with E-state index in [2.05, 4.69) is 32.1 Å². The molecule has 7 heteroatoms. The van der Waals surface area contributed by atoms with E-state index < -0.39 is 0 Å². The molecule has 1 amide bonds. The molecule has 0 N–H and O–H groups in total. The van der Waals surface area contributed by atoms with Crippen molar-refractivity contribution in [3.63, 3.8) is 0 Å². The third-order valence-electron chi connectivity index (χ3n) is 4.22. The molecule has 1 atom stereocenters. The molecule has 3 aromatic rings. The molecule has 1 aliphatic rings. The van der Waals surface area contributed by atoms with E-state index in [0.29, 0.717) is 0 Å². The van der Waals surface area contributed by atoms with Crippen LogP contribution in [-0.4, -0.2) is 37.4 Å². The number of pyridine rings is 1. The van der Waals surface area contributed by atoms with Crippen LogP contribution in [0.2, 0.25) is 0 Å². The predicted octanol–water partition coefficient (Wildman–Crippen LogP) is 2.63. The van der Waals surface area contributed by atoms with Crippen molar-refractivity contribution in [3.8, 4) is 11.4 Å². The van der Waals surface area contributed by atoms with E-state index in [0.717, 1.165) is 46.6 Å². The number of carbonyl (C=O) groups is 1. The van der Waals surface area contributed by atoms with E-state index in [9.17, 15) is 4.79 Å². The fraction of sp³-hybridized carbons (Fsp3) is 0.250. The molecule has 4 rings (SSSR count). The Hall–Kier alpha value is -2.28. The maximum absolute atomic E-state index is 11.2. The number of hydrogen-bond donors (Lipinski definition) is 0. The van der Waals surface area contributed by atoms with Crippen LogP contribution in [0.4, 0.5) is 0 Å². The van der Waals surface area contributed by atoms with Crippen molar-refractivity contribution in [2.75, 3.05) is 6.54 Å². The first-order chi connectivity index (χ1) is 11.2. The quantitative estimate of drug-likeness (QED) is 0.649. The molecular formula is C16H14BrN5O. The van der Waals surface area contributed by atoms with E-state index >= 15 is 0 Å². The minimum Gasteiger partial charge on any atom is -0.337 e. The molecule has 0 fully saturated rings. The molecule has 0 aliphatic carbocycles. The molecule has 1 unspecified atom stereocenters. The molecule has 3 aromatic heterocycles. The Balaban J connectivity index is 1.80. The highest BCUT2D eigenvalue weighted by atomic mass is 79.9. The van der Waals surface area contributed by atoms with Gasteiger partial charge in [-0.25, -0.2) is 14.5 Å². The number of amides is 1. The lowest BCUT2D eigenvalue weighted by Crippen LogP contribution is -2.33. The lowest BCUT2D eigenvalue weighted by atomic mass is 9.98. The third kappa shape index (κ3) is 2.41. The highest BCUT2D eigenvalue weighted by Gasteiger charge is 2.24. The standard InChI is InChI=1S/C16H14BrN5O/c1-10-16-11(4-5-21(10)9-23)2-3-13(19-16)14-6-15-18-7-12(17)8-22(15)20-14/h2-3,6-10H,4-5H2,1H3. The molecule has 0 spiro atoms. The summed E-state index contributed by atoms with van der Waals surface area (Å²) in [6, 6.07) is 5.97. The van der Waals surface area contributed by atoms with Crippen LogP contribution in [-0.2, 0) is 11.2 Å². The van der Waals surface area contributed by atoms with Crippen molar-refractivity contribution in [1.29, 1.82) is 0 Å². The van der Waals surface area contributed by atoms with Gasteiger partial charge in [-0.1, -0.05) is 6.07 Å². The van der Waals surface area contributed by atoms with Gasteiger partial charge < -0.3 is 4.90 Å². The monoisotopic (exact) mass is 371 g/mol. The Bertz CT molecular complexity index is 907. The zero-order valence-corrected chi connectivity index (χ0v) is 14.1. The number of hydrogen-bond acceptors (Lipinski definition) is 4. The van der Waals surface area contributed by atoms with Gasteiger partial charge in [-0.05, 0) is 40.9 Å². The van der Waals surface area contributed by atoms with Crippen molar-refractivity contribution >= 4 is 28.0 Å². The maximum Gasteiger partial charge on any atom is 0.210 e. The van der Waals surface area contributed by atoms with Crippen LogP contribution >= 0.6 is 15.9 Å². The number of aromatic nitrogens is 4. The van der Waals surface area contributed by atoms with Crippen LogP contribution < -0.4 is 0 Å². The van der Waals surface area contributed by atoms with Gasteiger partial charge in [-0.3, -0.25) is 4.79 Å². The number of carbonyl (C=O) groups excluding carboxylic acids is 1. The lowest BCUT2D eigenvalue weighted by molar-refractivity contribution is -0.120. The fourth-order valence-corrected chi connectivity index (χ4v) is 3.24. The number of halogens is 1. The first-order valence-corrected chi connectivity index (χ1v) is 8.17. The van der Waals surface area contributed by atoms with Gasteiger partial charge in [0.05, 0.1) is 21.9 Å². The Morgan fingerprint density at radius 2 is 2.22 bits per heavy atom. The second-order valence-corrected chi connectivity index (χ2v) is 6.53. The molecule has 0 aromatic carbocycles. The lowest BCUT2D eigenvalue weighted by Gasteiger charge is -2.31. The SMILES string of the molecule is CC1c2nc(-c3cc4ncc(Br)cn4n3)ccc2CCN1C=O. The van der Waals surface area contributed by atoms with Gasteiger partial charge in [0.2, 0.25) is 6.41 Å². The third-order valence-corrected chi connectivity index (χ3v) is 4.63. The highest BCUT2D eigenvalue weighted by Crippen LogP contribution is 2.29. The summed E-state index contributed by atoms with van der Waals surface area (Å²) in [5.41, 5.74) is 4.49. The van der Waals surface area contributed by atoms with E-state index in [1.165, 1.54) is 5.56 Å². The molecule has 23 heavy (non-hydrogen) atoms. The first kappa shape index (κ1) is 14.3. The van der Waals surface area contributed by atoms with E-state index in [-0.39, 0.29) is 6.04 Å². The number of fused-ring (bicyclic) bond motifs is 2. The summed E-state index contributed by atoms with van der Waals surface area (Å²) in [4.78, 5) is 22.0. The summed E-state index contributed by atoms with van der Waals surface area (Å²) >= 11 is 3.39. The molecule has 0 saturated carbocycles. The Morgan fingerprint density at radius 1 is 1.35 bits per heavy atom. The maximum atomic E-state index is 11.2. The van der Waals surface area contributed by atoms with E-state index in [1.807, 2.05) is 25.3 Å². The van der Waals surface area contributed by atoms with Crippen molar-refractivity contribution in [2.24, 2.45) is 0 Å². The van der Waals surface area contributed by atoms with Gasteiger partial charge in [-0.2, -0.15) is 5.10 Å². The van der Waals surface area contributed by atoms with Crippen LogP contribution in [0, 0.1) is 0 Å². The topological polar surface area (TPSA) is 63.4 Å². The molecule has 0 radical (unpaired) electrons. The fourth-order valence-electron chi connectivity index (χ4n) is 2.94. The van der Waals surface area contributed by atoms with Gasteiger partial charge in [-0.15, -0.1) is 0 Å². The summed E-state index contributed by atoms with van der Waals surface area (Å²) in [6.45, 7) is 2.75. The summed E-state index contributed by atoms with van der Waals surface area (Å²) in [7, 11) is 0. The smallest absolute Gasteiger partial charge is 0.210 e. The second kappa shape index (κ2) is 5.42. The number of rotatable bonds is 2. The van der Waals surface area contributed by atoms with Crippen LogP contribution in [0.1, 0.15) is 24.2 Å². The van der Waals surface area contributed by atoms with Crippen LogP contribution in [0.25, 0.3) is 17.0 Å². The minimum absolute atomic E-state index is 0.0134. The summed E-state index contributed by atoms with van der Waals surface area (Å²) in [5, 5.41) is 4.54. The largest absolute Gasteiger partial charge is 0.337 e. The molecule has 0 bridgehead atoms. The van der Waals surface area contributed by atoms with Gasteiger partial charge in [0, 0.05) is 25.0 Å². The van der Waals surface area contributed by atoms with Crippen LogP contribution in [0.5, 0.6) is 0 Å². The summed E-state index contributed by atoms with van der Waals surface area (Å²) in [6.07, 6.45) is 5.34. The molecule has 6 nitrogen and oxygen atoms in total. The molecule has 0 saturated heterocycles. The second-order valence-electron chi connectivity index (χ2n) is 5.61. The zero-order valence-electron chi connectivity index (χ0n) is 12.5. The highest BCUT2D eigenvalue weighted by molar-refractivity contribution is 9.10. The molecule has 116 valence electrons. The minimum atomic E-state index is -0.0134. The number of nitrogens with zero attached hydrogens (tertiary/aromatic N) is 5. The van der Waals surface area contributed by atoms with E-state index in [4.69, 9.17) is 4.98 Å². The summed E-state index contributed by atoms with van der Waals surface area (Å²) < 4.78 is 2.59. The summed E-state index contributed by atoms with van der Waals surface area (Å²) in [5.74, 6) is 0. The molecule has 1 aliphatic heterocycles. The van der Waals surface area contributed by atoms with Gasteiger partial charge >= 0.3 is 0 Å². The van der Waals surface area contributed by atoms with Crippen LogP contribution in [0.15, 0.2) is 35.1 Å². The Kier molecular flexibility index (Phi) is 3.37. The Morgan fingerprint density at radius 3 is 3.04 bits per heavy atom. The average Bonchev–Trinajstić information content (AvgIpc) is 2.98. The van der Waals surface area contributed by atoms with Gasteiger partial charge in [0.15, 0.2) is 5.65 Å². The predicted molar refractivity (Wildman–Crippen MR) is 88.8 cm³/mol. The van der Waals surface area contributed by atoms with Gasteiger partial charge in [0.25, 0.3) is 0 Å². The van der Waals surface area contributed by atoms with E-state index in [1.54, 1.807) is 15.6 Å². The van der Waals surface area contributed by atoms with Crippen LogP contribution in [0.3, 0.4) is 0 Å². The van der Waals surface area contributed by atoms with Gasteiger partial charge in [0.1, 0.15) is 5.69 Å². The average molecular weight is 372 g/mol. The zero-order chi connectivity index (χ0) is 16.0. The van der Waals surface area contributed by atoms with Crippen molar-refractivity contribution in [1.82, 2.24) is 24.5 Å². The Labute approximate surface area is 141 Å². The van der Waals surface area contributed by atoms with Crippen molar-refractivity contribution in [2.45, 2.75) is 19.4 Å². The normalized spacial score (nSPS) is 17.3. The molecule has 4 heterocycles.